The molecular weight excluding hydrogens is 314 g/mol. The highest BCUT2D eigenvalue weighted by Crippen LogP contribution is 2.27. The van der Waals surface area contributed by atoms with Crippen molar-refractivity contribution in [1.29, 1.82) is 0 Å². The maximum Gasteiger partial charge on any atom is 0.326 e. The molecule has 9 heteroatoms. The molecule has 2 amide bonds. The lowest BCUT2D eigenvalue weighted by atomic mass is 10.2. The molecular formula is C11H11Cl2FN2O4. The van der Waals surface area contributed by atoms with Crippen molar-refractivity contribution in [3.05, 3.63) is 28.0 Å². The van der Waals surface area contributed by atoms with Crippen molar-refractivity contribution in [2.75, 3.05) is 11.9 Å². The summed E-state index contributed by atoms with van der Waals surface area (Å²) in [5.41, 5.74) is 0.104. The van der Waals surface area contributed by atoms with Crippen molar-refractivity contribution in [2.24, 2.45) is 0 Å². The van der Waals surface area contributed by atoms with E-state index in [0.717, 1.165) is 12.1 Å². The first kappa shape index (κ1) is 16.5. The molecule has 0 radical (unpaired) electrons. The monoisotopic (exact) mass is 324 g/mol. The normalized spacial score (nSPS) is 11.8. The van der Waals surface area contributed by atoms with Gasteiger partial charge in [-0.25, -0.2) is 14.0 Å². The van der Waals surface area contributed by atoms with Crippen LogP contribution in [0.2, 0.25) is 10.0 Å². The number of nitrogens with one attached hydrogen (secondary N) is 2. The first-order chi connectivity index (χ1) is 9.35. The van der Waals surface area contributed by atoms with E-state index in [4.69, 9.17) is 33.4 Å². The maximum atomic E-state index is 13.2. The van der Waals surface area contributed by atoms with E-state index in [-0.39, 0.29) is 22.2 Å². The summed E-state index contributed by atoms with van der Waals surface area (Å²) < 4.78 is 13.2. The number of carbonyl (C=O) groups excluding carboxylic acids is 1. The van der Waals surface area contributed by atoms with Gasteiger partial charge in [0.15, 0.2) is 5.82 Å². The minimum absolute atomic E-state index is 0.104. The van der Waals surface area contributed by atoms with Crippen molar-refractivity contribution in [3.8, 4) is 0 Å². The average molecular weight is 325 g/mol. The number of carbonyl (C=O) groups is 2. The topological polar surface area (TPSA) is 98.7 Å². The van der Waals surface area contributed by atoms with E-state index in [0.29, 0.717) is 0 Å². The van der Waals surface area contributed by atoms with Crippen LogP contribution in [0.1, 0.15) is 6.42 Å². The highest BCUT2D eigenvalue weighted by Gasteiger charge is 2.19. The van der Waals surface area contributed by atoms with E-state index < -0.39 is 30.5 Å². The minimum atomic E-state index is -1.29. The molecule has 1 unspecified atom stereocenters. The molecule has 1 atom stereocenters. The number of carboxylic acid groups (broad SMARTS) is 1. The first-order valence-corrected chi connectivity index (χ1v) is 6.16. The summed E-state index contributed by atoms with van der Waals surface area (Å²) in [6.07, 6.45) is -0.145. The number of aliphatic hydroxyl groups excluding tert-OH is 1. The Kier molecular flexibility index (Phi) is 6.00. The fourth-order valence-corrected chi connectivity index (χ4v) is 1.83. The van der Waals surface area contributed by atoms with E-state index in [2.05, 4.69) is 10.6 Å². The molecule has 0 aliphatic rings. The Morgan fingerprint density at radius 3 is 2.30 bits per heavy atom. The van der Waals surface area contributed by atoms with Gasteiger partial charge in [0, 0.05) is 18.7 Å². The average Bonchev–Trinajstić information content (AvgIpc) is 2.35. The van der Waals surface area contributed by atoms with Gasteiger partial charge in [-0.05, 0) is 12.1 Å². The molecule has 0 bridgehead atoms. The number of anilines is 1. The van der Waals surface area contributed by atoms with Crippen LogP contribution >= 0.6 is 23.2 Å². The zero-order valence-electron chi connectivity index (χ0n) is 9.99. The van der Waals surface area contributed by atoms with Crippen LogP contribution in [0.4, 0.5) is 14.9 Å². The van der Waals surface area contributed by atoms with Gasteiger partial charge in [-0.2, -0.15) is 0 Å². The number of amides is 2. The zero-order valence-corrected chi connectivity index (χ0v) is 11.5. The predicted octanol–water partition coefficient (Wildman–Crippen LogP) is 2.09. The van der Waals surface area contributed by atoms with E-state index >= 15 is 0 Å². The smallest absolute Gasteiger partial charge is 0.326 e. The molecule has 1 aromatic carbocycles. The molecule has 0 saturated heterocycles. The fourth-order valence-electron chi connectivity index (χ4n) is 1.34. The van der Waals surface area contributed by atoms with Crippen LogP contribution in [0.25, 0.3) is 0 Å². The van der Waals surface area contributed by atoms with Gasteiger partial charge < -0.3 is 20.8 Å². The van der Waals surface area contributed by atoms with Gasteiger partial charge in [-0.1, -0.05) is 23.2 Å². The second-order valence-corrected chi connectivity index (χ2v) is 4.57. The minimum Gasteiger partial charge on any atom is -0.480 e. The Bertz CT molecular complexity index is 504. The standard InChI is InChI=1S/C11H11Cl2FN2O4/c12-6-3-5(4-7(13)9(6)14)15-11(20)16-8(1-2-17)10(18)19/h3-4,8,17H,1-2H2,(H,18,19)(H2,15,16,20). The van der Waals surface area contributed by atoms with Crippen LogP contribution in [0.3, 0.4) is 0 Å². The van der Waals surface area contributed by atoms with E-state index in [1.54, 1.807) is 0 Å². The number of aliphatic hydroxyl groups is 1. The number of carboxylic acids is 1. The third-order valence-electron chi connectivity index (χ3n) is 2.26. The van der Waals surface area contributed by atoms with E-state index in [9.17, 15) is 14.0 Å². The Labute approximate surface area is 123 Å². The molecule has 0 spiro atoms. The quantitative estimate of drug-likeness (QED) is 0.623. The number of urea groups is 1. The number of rotatable bonds is 5. The van der Waals surface area contributed by atoms with E-state index in [1.807, 2.05) is 0 Å². The van der Waals surface area contributed by atoms with Crippen LogP contribution in [-0.2, 0) is 4.79 Å². The molecule has 0 heterocycles. The predicted molar refractivity (Wildman–Crippen MR) is 71.7 cm³/mol. The van der Waals surface area contributed by atoms with Crippen molar-refractivity contribution in [1.82, 2.24) is 5.32 Å². The van der Waals surface area contributed by atoms with Crippen molar-refractivity contribution >= 4 is 40.9 Å². The zero-order chi connectivity index (χ0) is 15.3. The highest BCUT2D eigenvalue weighted by molar-refractivity contribution is 6.35. The molecule has 0 aromatic heterocycles. The second-order valence-electron chi connectivity index (χ2n) is 3.76. The Balaban J connectivity index is 2.73. The molecule has 1 rings (SSSR count). The lowest BCUT2D eigenvalue weighted by Crippen LogP contribution is -2.43. The van der Waals surface area contributed by atoms with Crippen LogP contribution in [0.15, 0.2) is 12.1 Å². The Hall–Kier alpha value is -1.57. The summed E-state index contributed by atoms with van der Waals surface area (Å²) in [6, 6.07) is 0.171. The molecule has 0 aliphatic heterocycles. The molecule has 0 fully saturated rings. The largest absolute Gasteiger partial charge is 0.480 e. The Morgan fingerprint density at radius 1 is 1.30 bits per heavy atom. The van der Waals surface area contributed by atoms with Crippen LogP contribution in [0.5, 0.6) is 0 Å². The van der Waals surface area contributed by atoms with Gasteiger partial charge >= 0.3 is 12.0 Å². The van der Waals surface area contributed by atoms with Crippen LogP contribution in [-0.4, -0.2) is 34.9 Å². The molecule has 110 valence electrons. The summed E-state index contributed by atoms with van der Waals surface area (Å²) in [5, 5.41) is 21.3. The van der Waals surface area contributed by atoms with Crippen molar-refractivity contribution in [2.45, 2.75) is 12.5 Å². The lowest BCUT2D eigenvalue weighted by molar-refractivity contribution is -0.139. The van der Waals surface area contributed by atoms with Gasteiger partial charge in [0.1, 0.15) is 6.04 Å². The summed E-state index contributed by atoms with van der Waals surface area (Å²) in [5.74, 6) is -2.10. The SMILES string of the molecule is O=C(Nc1cc(Cl)c(F)c(Cl)c1)NC(CCO)C(=O)O. The van der Waals surface area contributed by atoms with Crippen LogP contribution in [0, 0.1) is 5.82 Å². The summed E-state index contributed by atoms with van der Waals surface area (Å²) in [6.45, 7) is -0.397. The molecule has 6 nitrogen and oxygen atoms in total. The lowest BCUT2D eigenvalue weighted by Gasteiger charge is -2.14. The van der Waals surface area contributed by atoms with Gasteiger partial charge in [0.2, 0.25) is 0 Å². The molecule has 4 N–H and O–H groups in total. The third-order valence-corrected chi connectivity index (χ3v) is 2.81. The maximum absolute atomic E-state index is 13.2. The van der Waals surface area contributed by atoms with Gasteiger partial charge in [0.05, 0.1) is 10.0 Å². The number of hydrogen-bond donors (Lipinski definition) is 4. The molecule has 1 aromatic rings. The number of halogens is 3. The number of hydrogen-bond acceptors (Lipinski definition) is 3. The van der Waals surface area contributed by atoms with Gasteiger partial charge in [0.25, 0.3) is 0 Å². The molecule has 0 saturated carbocycles. The van der Waals surface area contributed by atoms with Crippen molar-refractivity contribution < 1.29 is 24.2 Å². The number of benzene rings is 1. The van der Waals surface area contributed by atoms with Gasteiger partial charge in [-0.3, -0.25) is 0 Å². The Morgan fingerprint density at radius 2 is 1.85 bits per heavy atom. The van der Waals surface area contributed by atoms with Gasteiger partial charge in [-0.15, -0.1) is 0 Å². The summed E-state index contributed by atoms with van der Waals surface area (Å²) in [4.78, 5) is 22.3. The fraction of sp³-hybridized carbons (Fsp3) is 0.273. The van der Waals surface area contributed by atoms with Crippen molar-refractivity contribution in [3.63, 3.8) is 0 Å². The number of aliphatic carboxylic acids is 1. The molecule has 20 heavy (non-hydrogen) atoms. The van der Waals surface area contributed by atoms with E-state index in [1.165, 1.54) is 0 Å². The second kappa shape index (κ2) is 7.28. The first-order valence-electron chi connectivity index (χ1n) is 5.41. The van der Waals surface area contributed by atoms with Crippen LogP contribution < -0.4 is 10.6 Å². The summed E-state index contributed by atoms with van der Waals surface area (Å²) in [7, 11) is 0. The summed E-state index contributed by atoms with van der Waals surface area (Å²) >= 11 is 11.1. The molecule has 0 aliphatic carbocycles. The third kappa shape index (κ3) is 4.52. The highest BCUT2D eigenvalue weighted by atomic mass is 35.5.